The van der Waals surface area contributed by atoms with Gasteiger partial charge in [0.2, 0.25) is 5.16 Å². The van der Waals surface area contributed by atoms with Crippen molar-refractivity contribution in [3.63, 3.8) is 0 Å². The highest BCUT2D eigenvalue weighted by Gasteiger charge is 2.16. The van der Waals surface area contributed by atoms with Crippen LogP contribution in [0.3, 0.4) is 0 Å². The zero-order chi connectivity index (χ0) is 18.3. The fourth-order valence-corrected chi connectivity index (χ4v) is 3.62. The van der Waals surface area contributed by atoms with Gasteiger partial charge in [0, 0.05) is 17.0 Å². The summed E-state index contributed by atoms with van der Waals surface area (Å²) >= 11 is 1.36. The Morgan fingerprint density at radius 3 is 2.44 bits per heavy atom. The Balaban J connectivity index is 1.82. The Kier molecular flexibility index (Phi) is 4.64. The predicted octanol–water partition coefficient (Wildman–Crippen LogP) is 3.95. The number of thioether (sulfide) groups is 1. The van der Waals surface area contributed by atoms with Crippen LogP contribution in [0.5, 0.6) is 0 Å². The zero-order valence-electron chi connectivity index (χ0n) is 15.5. The van der Waals surface area contributed by atoms with Crippen LogP contribution in [0.25, 0.3) is 5.78 Å². The number of ketones is 1. The van der Waals surface area contributed by atoms with E-state index in [1.165, 1.54) is 22.9 Å². The number of Topliss-reactive ketones (excluding diaryl/α,β-unsaturated/α-hetero) is 1. The number of fused-ring (bicyclic) bond motifs is 1. The van der Waals surface area contributed by atoms with E-state index in [1.54, 1.807) is 4.52 Å². The Bertz CT molecular complexity index is 991. The van der Waals surface area contributed by atoms with Crippen LogP contribution in [0.1, 0.15) is 44.0 Å². The quantitative estimate of drug-likeness (QED) is 0.524. The molecule has 0 amide bonds. The van der Waals surface area contributed by atoms with E-state index in [0.29, 0.717) is 16.7 Å². The number of nitrogens with zero attached hydrogens (tertiary/aromatic N) is 4. The molecule has 0 bridgehead atoms. The molecule has 0 aliphatic rings. The van der Waals surface area contributed by atoms with Gasteiger partial charge >= 0.3 is 0 Å². The minimum atomic E-state index is 0.105. The number of hydrogen-bond donors (Lipinski definition) is 0. The second-order valence-electron chi connectivity index (χ2n) is 6.47. The lowest BCUT2D eigenvalue weighted by atomic mass is 9.93. The molecule has 3 aromatic rings. The fourth-order valence-electron chi connectivity index (χ4n) is 2.92. The number of aryl methyl sites for hydroxylation is 3. The first-order valence-electron chi connectivity index (χ1n) is 8.22. The van der Waals surface area contributed by atoms with Crippen molar-refractivity contribution in [2.24, 2.45) is 0 Å². The molecule has 0 atom stereocenters. The van der Waals surface area contributed by atoms with E-state index in [4.69, 9.17) is 0 Å². The number of carbonyl (C=O) groups is 1. The Morgan fingerprint density at radius 2 is 1.72 bits per heavy atom. The van der Waals surface area contributed by atoms with Crippen molar-refractivity contribution in [1.29, 1.82) is 0 Å². The average Bonchev–Trinajstić information content (AvgIpc) is 2.97. The third kappa shape index (κ3) is 3.31. The van der Waals surface area contributed by atoms with Gasteiger partial charge in [-0.3, -0.25) is 4.79 Å². The second-order valence-corrected chi connectivity index (χ2v) is 7.42. The first-order valence-corrected chi connectivity index (χ1v) is 9.21. The summed E-state index contributed by atoms with van der Waals surface area (Å²) in [4.78, 5) is 21.5. The van der Waals surface area contributed by atoms with Gasteiger partial charge in [-0.05, 0) is 75.9 Å². The van der Waals surface area contributed by atoms with Crippen molar-refractivity contribution in [2.45, 2.75) is 46.7 Å². The molecular formula is C19H22N4OS. The number of aromatic nitrogens is 4. The summed E-state index contributed by atoms with van der Waals surface area (Å²) in [5.74, 6) is 0.997. The lowest BCUT2D eigenvalue weighted by Crippen LogP contribution is -2.08. The van der Waals surface area contributed by atoms with Crippen LogP contribution < -0.4 is 0 Å². The van der Waals surface area contributed by atoms with Crippen LogP contribution in [0.2, 0.25) is 0 Å². The van der Waals surface area contributed by atoms with Crippen LogP contribution in [0.4, 0.5) is 0 Å². The summed E-state index contributed by atoms with van der Waals surface area (Å²) in [6.07, 6.45) is 0. The standard InChI is InChI=1S/C19H22N4OS/c1-10-7-16(15(6)14(5)13(10)4)17(24)9-25-19-21-18-20-11(2)8-12(3)23(18)22-19/h7-8H,9H2,1-6H3. The van der Waals surface area contributed by atoms with Gasteiger partial charge in [-0.2, -0.15) is 4.98 Å². The number of carbonyl (C=O) groups excluding carboxylic acids is 1. The molecule has 0 unspecified atom stereocenters. The molecule has 3 rings (SSSR count). The van der Waals surface area contributed by atoms with E-state index in [9.17, 15) is 4.79 Å². The van der Waals surface area contributed by atoms with Crippen LogP contribution in [0, 0.1) is 41.5 Å². The molecule has 0 radical (unpaired) electrons. The summed E-state index contributed by atoms with van der Waals surface area (Å²) in [6, 6.07) is 3.95. The van der Waals surface area contributed by atoms with E-state index >= 15 is 0 Å². The van der Waals surface area contributed by atoms with Gasteiger partial charge in [0.1, 0.15) is 0 Å². The first kappa shape index (κ1) is 17.6. The lowest BCUT2D eigenvalue weighted by molar-refractivity contribution is 0.102. The van der Waals surface area contributed by atoms with E-state index in [-0.39, 0.29) is 5.78 Å². The minimum absolute atomic E-state index is 0.105. The topological polar surface area (TPSA) is 60.2 Å². The number of rotatable bonds is 4. The highest BCUT2D eigenvalue weighted by Crippen LogP contribution is 2.24. The Labute approximate surface area is 151 Å². The van der Waals surface area contributed by atoms with Gasteiger partial charge in [-0.25, -0.2) is 9.50 Å². The van der Waals surface area contributed by atoms with Gasteiger partial charge in [-0.15, -0.1) is 5.10 Å². The number of benzene rings is 1. The predicted molar refractivity (Wildman–Crippen MR) is 101 cm³/mol. The average molecular weight is 354 g/mol. The van der Waals surface area contributed by atoms with Gasteiger partial charge in [0.05, 0.1) is 5.75 Å². The van der Waals surface area contributed by atoms with Gasteiger partial charge < -0.3 is 0 Å². The van der Waals surface area contributed by atoms with Crippen molar-refractivity contribution < 1.29 is 4.79 Å². The molecule has 0 spiro atoms. The first-order chi connectivity index (χ1) is 11.8. The summed E-state index contributed by atoms with van der Waals surface area (Å²) < 4.78 is 1.71. The molecule has 0 saturated heterocycles. The van der Waals surface area contributed by atoms with Crippen molar-refractivity contribution in [3.05, 3.63) is 51.3 Å². The molecule has 5 nitrogen and oxygen atoms in total. The van der Waals surface area contributed by atoms with Crippen molar-refractivity contribution in [2.75, 3.05) is 5.75 Å². The Hall–Kier alpha value is -2.21. The SMILES string of the molecule is Cc1cc(C)n2nc(SCC(=O)c3cc(C)c(C)c(C)c3C)nc2n1. The van der Waals surface area contributed by atoms with Gasteiger partial charge in [0.25, 0.3) is 5.78 Å². The summed E-state index contributed by atoms with van der Waals surface area (Å²) in [6.45, 7) is 12.1. The van der Waals surface area contributed by atoms with E-state index in [0.717, 1.165) is 28.1 Å². The van der Waals surface area contributed by atoms with Gasteiger partial charge in [0.15, 0.2) is 5.78 Å². The minimum Gasteiger partial charge on any atom is -0.293 e. The van der Waals surface area contributed by atoms with E-state index in [2.05, 4.69) is 28.9 Å². The van der Waals surface area contributed by atoms with Crippen molar-refractivity contribution >= 4 is 23.3 Å². The molecule has 0 aliphatic heterocycles. The molecule has 25 heavy (non-hydrogen) atoms. The maximum absolute atomic E-state index is 12.7. The highest BCUT2D eigenvalue weighted by atomic mass is 32.2. The molecule has 2 heterocycles. The summed E-state index contributed by atoms with van der Waals surface area (Å²) in [5.41, 5.74) is 7.33. The molecule has 130 valence electrons. The highest BCUT2D eigenvalue weighted by molar-refractivity contribution is 7.99. The fraction of sp³-hybridized carbons (Fsp3) is 0.368. The van der Waals surface area contributed by atoms with Crippen LogP contribution in [0.15, 0.2) is 17.3 Å². The summed E-state index contributed by atoms with van der Waals surface area (Å²) in [5, 5.41) is 5.02. The maximum Gasteiger partial charge on any atom is 0.253 e. The van der Waals surface area contributed by atoms with Crippen LogP contribution in [-0.2, 0) is 0 Å². The maximum atomic E-state index is 12.7. The van der Waals surface area contributed by atoms with Gasteiger partial charge in [-0.1, -0.05) is 11.8 Å². The third-order valence-electron chi connectivity index (χ3n) is 4.71. The smallest absolute Gasteiger partial charge is 0.253 e. The molecule has 1 aromatic carbocycles. The monoisotopic (exact) mass is 354 g/mol. The van der Waals surface area contributed by atoms with Crippen LogP contribution in [-0.4, -0.2) is 31.1 Å². The largest absolute Gasteiger partial charge is 0.293 e. The summed E-state index contributed by atoms with van der Waals surface area (Å²) in [7, 11) is 0. The van der Waals surface area contributed by atoms with E-state index < -0.39 is 0 Å². The second kappa shape index (κ2) is 6.59. The molecule has 6 heteroatoms. The Morgan fingerprint density at radius 1 is 1.00 bits per heavy atom. The molecule has 0 fully saturated rings. The molecule has 2 aromatic heterocycles. The normalized spacial score (nSPS) is 11.3. The molecule has 0 aliphatic carbocycles. The molecule has 0 saturated carbocycles. The van der Waals surface area contributed by atoms with E-state index in [1.807, 2.05) is 39.8 Å². The number of hydrogen-bond acceptors (Lipinski definition) is 5. The zero-order valence-corrected chi connectivity index (χ0v) is 16.3. The van der Waals surface area contributed by atoms with Crippen molar-refractivity contribution in [3.8, 4) is 0 Å². The van der Waals surface area contributed by atoms with Crippen molar-refractivity contribution in [1.82, 2.24) is 19.6 Å². The van der Waals surface area contributed by atoms with Crippen LogP contribution >= 0.6 is 11.8 Å². The molecular weight excluding hydrogens is 332 g/mol. The lowest BCUT2D eigenvalue weighted by Gasteiger charge is -2.13. The third-order valence-corrected chi connectivity index (χ3v) is 5.55. The molecule has 0 N–H and O–H groups in total.